The number of ether oxygens (including phenoxy) is 1. The Morgan fingerprint density at radius 2 is 1.98 bits per heavy atom. The van der Waals surface area contributed by atoms with Crippen molar-refractivity contribution in [3.05, 3.63) is 95.5 Å². The highest BCUT2D eigenvalue weighted by Crippen LogP contribution is 2.44. The quantitative estimate of drug-likeness (QED) is 0.229. The number of hydrogen-bond acceptors (Lipinski definition) is 6. The lowest BCUT2D eigenvalue weighted by Gasteiger charge is -2.27. The molecule has 3 N–H and O–H groups in total. The summed E-state index contributed by atoms with van der Waals surface area (Å²) in [6, 6.07) is 19.2. The third kappa shape index (κ3) is 5.13. The Labute approximate surface area is 236 Å². The van der Waals surface area contributed by atoms with Crippen LogP contribution < -0.4 is 20.3 Å². The largest absolute Gasteiger partial charge is 0.494 e. The number of thiocarbonyl (C=S) groups is 1. The number of nitrogens with zero attached hydrogens (tertiary/aromatic N) is 2. The van der Waals surface area contributed by atoms with Crippen molar-refractivity contribution in [2.45, 2.75) is 32.4 Å². The predicted molar refractivity (Wildman–Crippen MR) is 156 cm³/mol. The van der Waals surface area contributed by atoms with Crippen LogP contribution in [0.2, 0.25) is 0 Å². The number of benzene rings is 2. The van der Waals surface area contributed by atoms with Crippen molar-refractivity contribution in [2.75, 3.05) is 17.3 Å². The van der Waals surface area contributed by atoms with E-state index in [2.05, 4.69) is 15.6 Å². The number of anilines is 2. The molecule has 1 amide bonds. The van der Waals surface area contributed by atoms with Crippen LogP contribution in [0.15, 0.2) is 77.3 Å². The van der Waals surface area contributed by atoms with E-state index < -0.39 is 12.0 Å². The lowest BCUT2D eigenvalue weighted by Crippen LogP contribution is -2.29. The zero-order chi connectivity index (χ0) is 28.4. The predicted octanol–water partition coefficient (Wildman–Crippen LogP) is 5.88. The van der Waals surface area contributed by atoms with Gasteiger partial charge in [-0.25, -0.2) is 4.79 Å². The van der Waals surface area contributed by atoms with Crippen molar-refractivity contribution >= 4 is 40.6 Å². The SMILES string of the molecule is CCC(=O)Nc1ccc(N2C(=S)N[C@@H](c3ccccn3)[C@H]2c2ccc(-c3ccc(C(=O)O)cc3C)o2)cc1OC. The molecule has 3 heterocycles. The number of aryl methyl sites for hydroxylation is 1. The lowest BCUT2D eigenvalue weighted by atomic mass is 10.0. The average molecular weight is 557 g/mol. The zero-order valence-corrected chi connectivity index (χ0v) is 23.0. The van der Waals surface area contributed by atoms with Crippen molar-refractivity contribution in [3.8, 4) is 17.1 Å². The van der Waals surface area contributed by atoms with Crippen molar-refractivity contribution < 1.29 is 23.8 Å². The van der Waals surface area contributed by atoms with E-state index >= 15 is 0 Å². The van der Waals surface area contributed by atoms with Crippen LogP contribution in [0, 0.1) is 6.92 Å². The van der Waals surface area contributed by atoms with Crippen LogP contribution >= 0.6 is 12.2 Å². The van der Waals surface area contributed by atoms with Gasteiger partial charge in [-0.1, -0.05) is 19.1 Å². The monoisotopic (exact) mass is 556 g/mol. The Morgan fingerprint density at radius 3 is 2.65 bits per heavy atom. The fourth-order valence-electron chi connectivity index (χ4n) is 4.82. The highest BCUT2D eigenvalue weighted by atomic mass is 32.1. The van der Waals surface area contributed by atoms with Gasteiger partial charge in [0.2, 0.25) is 5.91 Å². The fourth-order valence-corrected chi connectivity index (χ4v) is 5.17. The Kier molecular flexibility index (Phi) is 7.52. The van der Waals surface area contributed by atoms with Gasteiger partial charge in [0.05, 0.1) is 30.1 Å². The molecule has 0 spiro atoms. The van der Waals surface area contributed by atoms with Gasteiger partial charge in [-0.3, -0.25) is 9.78 Å². The first kappa shape index (κ1) is 26.9. The van der Waals surface area contributed by atoms with Gasteiger partial charge in [-0.15, -0.1) is 0 Å². The minimum Gasteiger partial charge on any atom is -0.494 e. The fraction of sp³-hybridized carbons (Fsp3) is 0.200. The van der Waals surface area contributed by atoms with Gasteiger partial charge in [0.1, 0.15) is 23.3 Å². The number of nitrogens with one attached hydrogen (secondary N) is 2. The number of hydrogen-bond donors (Lipinski definition) is 3. The number of amides is 1. The molecule has 2 aromatic heterocycles. The number of carboxylic acid groups (broad SMARTS) is 1. The highest BCUT2D eigenvalue weighted by molar-refractivity contribution is 7.80. The molecule has 40 heavy (non-hydrogen) atoms. The number of furan rings is 1. The van der Waals surface area contributed by atoms with E-state index in [1.807, 2.05) is 54.3 Å². The number of pyridine rings is 1. The average Bonchev–Trinajstić information content (AvgIpc) is 3.58. The molecule has 2 atom stereocenters. The van der Waals surface area contributed by atoms with E-state index in [0.717, 1.165) is 22.5 Å². The number of aromatic nitrogens is 1. The minimum atomic E-state index is -0.982. The van der Waals surface area contributed by atoms with Crippen molar-refractivity contribution in [3.63, 3.8) is 0 Å². The molecule has 1 fully saturated rings. The van der Waals surface area contributed by atoms with Crippen LogP contribution in [-0.4, -0.2) is 34.2 Å². The maximum atomic E-state index is 12.0. The van der Waals surface area contributed by atoms with Gasteiger partial charge in [0.15, 0.2) is 5.11 Å². The molecule has 10 heteroatoms. The molecule has 0 radical (unpaired) electrons. The van der Waals surface area contributed by atoms with Gasteiger partial charge in [-0.2, -0.15) is 0 Å². The summed E-state index contributed by atoms with van der Waals surface area (Å²) in [5, 5.41) is 16.1. The molecule has 4 aromatic rings. The second-order valence-corrected chi connectivity index (χ2v) is 9.71. The normalized spacial score (nSPS) is 16.5. The number of methoxy groups -OCH3 is 1. The molecule has 1 saturated heterocycles. The summed E-state index contributed by atoms with van der Waals surface area (Å²) in [7, 11) is 1.55. The van der Waals surface area contributed by atoms with E-state index in [1.165, 1.54) is 0 Å². The van der Waals surface area contributed by atoms with Crippen LogP contribution in [0.4, 0.5) is 11.4 Å². The Hall–Kier alpha value is -4.70. The van der Waals surface area contributed by atoms with Crippen LogP contribution in [0.25, 0.3) is 11.3 Å². The van der Waals surface area contributed by atoms with E-state index in [0.29, 0.717) is 34.5 Å². The number of rotatable bonds is 8. The van der Waals surface area contributed by atoms with Crippen LogP contribution in [0.5, 0.6) is 5.75 Å². The summed E-state index contributed by atoms with van der Waals surface area (Å²) in [5.74, 6) is 0.646. The minimum absolute atomic E-state index is 0.118. The number of carbonyl (C=O) groups excluding carboxylic acids is 1. The van der Waals surface area contributed by atoms with Crippen molar-refractivity contribution in [2.24, 2.45) is 0 Å². The Morgan fingerprint density at radius 1 is 1.15 bits per heavy atom. The standard InChI is InChI=1S/C30H28N4O5S/c1-4-26(35)32-21-11-9-19(16-25(21)38-3)34-28(27(33-30(34)40)22-7-5-6-14-31-22)24-13-12-23(39-24)20-10-8-18(29(36)37)15-17(20)2/h5-16,27-28H,4H2,1-3H3,(H,32,35)(H,33,40)(H,36,37)/t27-,28+/m0/s1. The molecular weight excluding hydrogens is 528 g/mol. The molecule has 0 bridgehead atoms. The second-order valence-electron chi connectivity index (χ2n) is 9.32. The third-order valence-electron chi connectivity index (χ3n) is 6.81. The third-order valence-corrected chi connectivity index (χ3v) is 7.13. The topological polar surface area (TPSA) is 117 Å². The summed E-state index contributed by atoms with van der Waals surface area (Å²) < 4.78 is 12.0. The van der Waals surface area contributed by atoms with Gasteiger partial charge in [0.25, 0.3) is 0 Å². The van der Waals surface area contributed by atoms with Gasteiger partial charge in [-0.05, 0) is 73.2 Å². The van der Waals surface area contributed by atoms with E-state index in [4.69, 9.17) is 21.4 Å². The zero-order valence-electron chi connectivity index (χ0n) is 22.2. The molecule has 5 rings (SSSR count). The summed E-state index contributed by atoms with van der Waals surface area (Å²) in [5.41, 5.74) is 3.89. The summed E-state index contributed by atoms with van der Waals surface area (Å²) in [4.78, 5) is 29.9. The first-order chi connectivity index (χ1) is 19.3. The summed E-state index contributed by atoms with van der Waals surface area (Å²) >= 11 is 5.82. The number of aromatic carboxylic acids is 1. The summed E-state index contributed by atoms with van der Waals surface area (Å²) in [6.45, 7) is 3.64. The molecule has 0 aliphatic carbocycles. The number of carbonyl (C=O) groups is 2. The molecule has 204 valence electrons. The van der Waals surface area contributed by atoms with Gasteiger partial charge < -0.3 is 29.8 Å². The van der Waals surface area contributed by atoms with Gasteiger partial charge >= 0.3 is 5.97 Å². The highest BCUT2D eigenvalue weighted by Gasteiger charge is 2.43. The van der Waals surface area contributed by atoms with Crippen molar-refractivity contribution in [1.29, 1.82) is 0 Å². The molecule has 1 aliphatic rings. The maximum absolute atomic E-state index is 12.0. The van der Waals surface area contributed by atoms with E-state index in [9.17, 15) is 14.7 Å². The smallest absolute Gasteiger partial charge is 0.335 e. The maximum Gasteiger partial charge on any atom is 0.335 e. The molecule has 0 saturated carbocycles. The van der Waals surface area contributed by atoms with E-state index in [1.54, 1.807) is 44.5 Å². The Balaban J connectivity index is 1.57. The van der Waals surface area contributed by atoms with Crippen LogP contribution in [0.3, 0.4) is 0 Å². The first-order valence-electron chi connectivity index (χ1n) is 12.7. The lowest BCUT2D eigenvalue weighted by molar-refractivity contribution is -0.115. The molecule has 9 nitrogen and oxygen atoms in total. The van der Waals surface area contributed by atoms with Gasteiger partial charge in [0, 0.05) is 29.9 Å². The Bertz CT molecular complexity index is 1590. The first-order valence-corrected chi connectivity index (χ1v) is 13.1. The molecular formula is C30H28N4O5S. The van der Waals surface area contributed by atoms with Crippen LogP contribution in [-0.2, 0) is 4.79 Å². The molecule has 1 aliphatic heterocycles. The van der Waals surface area contributed by atoms with Crippen molar-refractivity contribution in [1.82, 2.24) is 10.3 Å². The number of carboxylic acids is 1. The molecule has 0 unspecified atom stereocenters. The summed E-state index contributed by atoms with van der Waals surface area (Å²) in [6.07, 6.45) is 2.08. The van der Waals surface area contributed by atoms with E-state index in [-0.39, 0.29) is 17.5 Å². The molecule has 2 aromatic carbocycles. The second kappa shape index (κ2) is 11.2. The van der Waals surface area contributed by atoms with Crippen LogP contribution in [0.1, 0.15) is 52.8 Å².